The van der Waals surface area contributed by atoms with E-state index in [2.05, 4.69) is 20.4 Å². The SMILES string of the molecule is CS(=O)(=O)CCCOc1cccc2c1cnn2-c1ccnc(NC2CCC(N3CCCS3(=O)=O)CC2)n1. The van der Waals surface area contributed by atoms with Crippen molar-refractivity contribution in [2.45, 2.75) is 50.6 Å². The summed E-state index contributed by atoms with van der Waals surface area (Å²) in [5.41, 5.74) is 0.817. The summed E-state index contributed by atoms with van der Waals surface area (Å²) in [6, 6.07) is 7.69. The molecule has 200 valence electrons. The molecule has 0 bridgehead atoms. The molecule has 1 aliphatic carbocycles. The molecule has 37 heavy (non-hydrogen) atoms. The Bertz CT molecular complexity index is 1470. The lowest BCUT2D eigenvalue weighted by Crippen LogP contribution is -2.41. The fourth-order valence-corrected chi connectivity index (χ4v) is 7.58. The van der Waals surface area contributed by atoms with Gasteiger partial charge < -0.3 is 10.1 Å². The highest BCUT2D eigenvalue weighted by Crippen LogP contribution is 2.30. The van der Waals surface area contributed by atoms with Crippen molar-refractivity contribution in [3.05, 3.63) is 36.7 Å². The third-order valence-corrected chi connectivity index (χ3v) is 9.95. The quantitative estimate of drug-likeness (QED) is 0.400. The third kappa shape index (κ3) is 6.04. The van der Waals surface area contributed by atoms with E-state index in [4.69, 9.17) is 4.74 Å². The number of rotatable bonds is 9. The van der Waals surface area contributed by atoms with Crippen LogP contribution in [-0.4, -0.2) is 83.9 Å². The van der Waals surface area contributed by atoms with Crippen LogP contribution in [0.2, 0.25) is 0 Å². The van der Waals surface area contributed by atoms with Gasteiger partial charge >= 0.3 is 0 Å². The van der Waals surface area contributed by atoms with Crippen LogP contribution in [0.5, 0.6) is 5.75 Å². The summed E-state index contributed by atoms with van der Waals surface area (Å²) in [6.07, 6.45) is 9.12. The normalized spacial score (nSPS) is 22.3. The van der Waals surface area contributed by atoms with E-state index < -0.39 is 19.9 Å². The van der Waals surface area contributed by atoms with E-state index in [0.29, 0.717) is 37.1 Å². The molecule has 0 amide bonds. The minimum absolute atomic E-state index is 0.0813. The van der Waals surface area contributed by atoms with E-state index in [1.54, 1.807) is 27.4 Å². The van der Waals surface area contributed by atoms with Gasteiger partial charge in [0.15, 0.2) is 5.82 Å². The fraction of sp³-hybridized carbons (Fsp3) is 0.542. The summed E-state index contributed by atoms with van der Waals surface area (Å²) in [4.78, 5) is 9.06. The minimum atomic E-state index is -3.08. The molecule has 2 fully saturated rings. The molecule has 1 aliphatic heterocycles. The van der Waals surface area contributed by atoms with Crippen LogP contribution < -0.4 is 10.1 Å². The molecule has 13 heteroatoms. The van der Waals surface area contributed by atoms with Crippen molar-refractivity contribution in [3.63, 3.8) is 0 Å². The smallest absolute Gasteiger partial charge is 0.224 e. The van der Waals surface area contributed by atoms with Crippen LogP contribution in [-0.2, 0) is 19.9 Å². The monoisotopic (exact) mass is 548 g/mol. The molecule has 2 aliphatic rings. The van der Waals surface area contributed by atoms with Gasteiger partial charge in [0.05, 0.1) is 35.2 Å². The van der Waals surface area contributed by atoms with Gasteiger partial charge in [0.25, 0.3) is 0 Å². The number of sulfone groups is 1. The van der Waals surface area contributed by atoms with Crippen LogP contribution in [0.4, 0.5) is 5.95 Å². The lowest BCUT2D eigenvalue weighted by molar-refractivity contribution is 0.257. The van der Waals surface area contributed by atoms with Gasteiger partial charge in [-0.25, -0.2) is 26.5 Å². The predicted molar refractivity (Wildman–Crippen MR) is 141 cm³/mol. The lowest BCUT2D eigenvalue weighted by Gasteiger charge is -2.33. The van der Waals surface area contributed by atoms with E-state index >= 15 is 0 Å². The Balaban J connectivity index is 1.24. The summed E-state index contributed by atoms with van der Waals surface area (Å²) >= 11 is 0. The number of nitrogens with zero attached hydrogens (tertiary/aromatic N) is 5. The van der Waals surface area contributed by atoms with Gasteiger partial charge in [-0.1, -0.05) is 6.07 Å². The zero-order valence-electron chi connectivity index (χ0n) is 20.8. The molecule has 0 spiro atoms. The van der Waals surface area contributed by atoms with E-state index in [1.165, 1.54) is 6.26 Å². The second kappa shape index (κ2) is 10.5. The van der Waals surface area contributed by atoms with Crippen molar-refractivity contribution in [2.75, 3.05) is 36.2 Å². The van der Waals surface area contributed by atoms with Gasteiger partial charge in [-0.15, -0.1) is 0 Å². The van der Waals surface area contributed by atoms with Gasteiger partial charge in [-0.05, 0) is 50.7 Å². The van der Waals surface area contributed by atoms with E-state index in [0.717, 1.165) is 43.0 Å². The van der Waals surface area contributed by atoms with Crippen LogP contribution >= 0.6 is 0 Å². The molecule has 11 nitrogen and oxygen atoms in total. The molecular formula is C24H32N6O5S2. The Morgan fingerprint density at radius 2 is 1.97 bits per heavy atom. The highest BCUT2D eigenvalue weighted by Gasteiger charge is 2.36. The van der Waals surface area contributed by atoms with Crippen LogP contribution in [0.1, 0.15) is 38.5 Å². The Kier molecular flexibility index (Phi) is 7.37. The second-order valence-corrected chi connectivity index (χ2v) is 14.0. The van der Waals surface area contributed by atoms with Gasteiger partial charge in [-0.3, -0.25) is 0 Å². The lowest BCUT2D eigenvalue weighted by atomic mass is 9.91. The minimum Gasteiger partial charge on any atom is -0.493 e. The summed E-state index contributed by atoms with van der Waals surface area (Å²) in [5.74, 6) is 2.11. The van der Waals surface area contributed by atoms with Gasteiger partial charge in [0, 0.05) is 37.1 Å². The number of sulfonamides is 1. The molecular weight excluding hydrogens is 516 g/mol. The van der Waals surface area contributed by atoms with Gasteiger partial charge in [0.2, 0.25) is 16.0 Å². The van der Waals surface area contributed by atoms with Crippen molar-refractivity contribution in [2.24, 2.45) is 0 Å². The number of anilines is 1. The maximum Gasteiger partial charge on any atom is 0.224 e. The van der Waals surface area contributed by atoms with Gasteiger partial charge in [0.1, 0.15) is 15.6 Å². The van der Waals surface area contributed by atoms with Crippen LogP contribution in [0.15, 0.2) is 36.7 Å². The molecule has 1 N–H and O–H groups in total. The summed E-state index contributed by atoms with van der Waals surface area (Å²) in [5, 5.41) is 8.74. The molecule has 1 saturated carbocycles. The number of ether oxygens (including phenoxy) is 1. The van der Waals surface area contributed by atoms with Crippen LogP contribution in [0.25, 0.3) is 16.7 Å². The second-order valence-electron chi connectivity index (χ2n) is 9.75. The molecule has 0 atom stereocenters. The van der Waals surface area contributed by atoms with Crippen molar-refractivity contribution in [3.8, 4) is 11.6 Å². The van der Waals surface area contributed by atoms with Crippen LogP contribution in [0.3, 0.4) is 0 Å². The Hall–Kier alpha value is -2.77. The third-order valence-electron chi connectivity index (χ3n) is 6.92. The molecule has 3 aromatic rings. The van der Waals surface area contributed by atoms with Crippen molar-refractivity contribution >= 4 is 36.7 Å². The number of aromatic nitrogens is 4. The first kappa shape index (κ1) is 25.9. The first-order chi connectivity index (χ1) is 17.7. The zero-order valence-corrected chi connectivity index (χ0v) is 22.4. The maximum absolute atomic E-state index is 12.3. The molecule has 0 radical (unpaired) electrons. The average Bonchev–Trinajstić information content (AvgIpc) is 3.45. The Morgan fingerprint density at radius 1 is 1.16 bits per heavy atom. The summed E-state index contributed by atoms with van der Waals surface area (Å²) < 4.78 is 56.5. The topological polar surface area (TPSA) is 136 Å². The van der Waals surface area contributed by atoms with Crippen molar-refractivity contribution < 1.29 is 21.6 Å². The molecule has 1 saturated heterocycles. The van der Waals surface area contributed by atoms with E-state index in [-0.39, 0.29) is 23.6 Å². The summed E-state index contributed by atoms with van der Waals surface area (Å²) in [6.45, 7) is 0.937. The number of nitrogens with one attached hydrogen (secondary N) is 1. The largest absolute Gasteiger partial charge is 0.493 e. The molecule has 1 aromatic carbocycles. The van der Waals surface area contributed by atoms with E-state index in [1.807, 2.05) is 18.2 Å². The van der Waals surface area contributed by atoms with Crippen molar-refractivity contribution in [1.82, 2.24) is 24.1 Å². The predicted octanol–water partition coefficient (Wildman–Crippen LogP) is 2.39. The Morgan fingerprint density at radius 3 is 2.70 bits per heavy atom. The molecule has 0 unspecified atom stereocenters. The maximum atomic E-state index is 12.3. The van der Waals surface area contributed by atoms with E-state index in [9.17, 15) is 16.8 Å². The zero-order chi connectivity index (χ0) is 26.0. The first-order valence-corrected chi connectivity index (χ1v) is 16.2. The number of hydrogen-bond acceptors (Lipinski definition) is 9. The summed E-state index contributed by atoms with van der Waals surface area (Å²) in [7, 11) is -6.10. The van der Waals surface area contributed by atoms with Crippen LogP contribution in [0, 0.1) is 0 Å². The number of fused-ring (bicyclic) bond motifs is 1. The van der Waals surface area contributed by atoms with Crippen molar-refractivity contribution in [1.29, 1.82) is 0 Å². The van der Waals surface area contributed by atoms with Gasteiger partial charge in [-0.2, -0.15) is 14.4 Å². The highest BCUT2D eigenvalue weighted by atomic mass is 32.2. The highest BCUT2D eigenvalue weighted by molar-refractivity contribution is 7.90. The average molecular weight is 549 g/mol. The number of benzene rings is 1. The molecule has 5 rings (SSSR count). The standard InChI is InChI=1S/C24H32N6O5S2/c1-36(31,32)15-4-14-35-22-6-2-5-21-20(22)17-26-30(21)23-11-12-25-24(28-23)27-18-7-9-19(10-8-18)29-13-3-16-37(29,33)34/h2,5-6,11-12,17-19H,3-4,7-10,13-16H2,1H3,(H,25,27,28). The molecule has 2 aromatic heterocycles. The first-order valence-electron chi connectivity index (χ1n) is 12.6. The fourth-order valence-electron chi connectivity index (χ4n) is 5.13. The Labute approximate surface area is 217 Å². The molecule has 3 heterocycles. The number of hydrogen-bond donors (Lipinski definition) is 1.